The van der Waals surface area contributed by atoms with Crippen LogP contribution in [0.1, 0.15) is 18.2 Å². The zero-order chi connectivity index (χ0) is 13.7. The van der Waals surface area contributed by atoms with Crippen molar-refractivity contribution in [1.82, 2.24) is 9.78 Å². The van der Waals surface area contributed by atoms with Crippen molar-refractivity contribution in [3.05, 3.63) is 41.7 Å². The second kappa shape index (κ2) is 6.61. The summed E-state index contributed by atoms with van der Waals surface area (Å²) >= 11 is 3.44. The van der Waals surface area contributed by atoms with Crippen molar-refractivity contribution in [3.63, 3.8) is 0 Å². The molecule has 0 N–H and O–H groups in total. The highest BCUT2D eigenvalue weighted by atomic mass is 79.9. The van der Waals surface area contributed by atoms with E-state index in [0.717, 1.165) is 28.1 Å². The lowest BCUT2D eigenvalue weighted by molar-refractivity contribution is 0.265. The molecule has 0 atom stereocenters. The minimum atomic E-state index is 0.439. The Morgan fingerprint density at radius 1 is 1.21 bits per heavy atom. The standard InChI is InChI=1S/C14H17BrN2O2/c1-3-18-14-8-11(9-15)4-5-13(14)19-10-12-6-7-17(2)16-12/h4-8H,3,9-10H2,1-2H3. The number of benzene rings is 1. The molecule has 1 heterocycles. The lowest BCUT2D eigenvalue weighted by Gasteiger charge is -2.12. The molecule has 1 aromatic heterocycles. The molecule has 19 heavy (non-hydrogen) atoms. The third-order valence-corrected chi connectivity index (χ3v) is 3.25. The van der Waals surface area contributed by atoms with Crippen LogP contribution in [0.4, 0.5) is 0 Å². The Morgan fingerprint density at radius 3 is 2.68 bits per heavy atom. The summed E-state index contributed by atoms with van der Waals surface area (Å²) in [5.74, 6) is 1.52. The second-order valence-corrected chi connectivity index (χ2v) is 4.68. The topological polar surface area (TPSA) is 36.3 Å². The van der Waals surface area contributed by atoms with Gasteiger partial charge in [-0.05, 0) is 30.7 Å². The Kier molecular flexibility index (Phi) is 4.85. The van der Waals surface area contributed by atoms with Crippen LogP contribution in [-0.2, 0) is 19.0 Å². The first-order chi connectivity index (χ1) is 9.22. The van der Waals surface area contributed by atoms with E-state index in [-0.39, 0.29) is 0 Å². The third-order valence-electron chi connectivity index (χ3n) is 2.61. The number of alkyl halides is 1. The van der Waals surface area contributed by atoms with Gasteiger partial charge < -0.3 is 9.47 Å². The van der Waals surface area contributed by atoms with E-state index in [1.807, 2.05) is 44.4 Å². The summed E-state index contributed by atoms with van der Waals surface area (Å²) in [7, 11) is 1.89. The molecule has 2 aromatic rings. The summed E-state index contributed by atoms with van der Waals surface area (Å²) in [6, 6.07) is 7.88. The molecule has 0 unspecified atom stereocenters. The Bertz CT molecular complexity index is 540. The highest BCUT2D eigenvalue weighted by Gasteiger charge is 2.07. The molecular weight excluding hydrogens is 308 g/mol. The lowest BCUT2D eigenvalue weighted by Crippen LogP contribution is -2.01. The minimum Gasteiger partial charge on any atom is -0.490 e. The van der Waals surface area contributed by atoms with Crippen LogP contribution in [-0.4, -0.2) is 16.4 Å². The van der Waals surface area contributed by atoms with Crippen LogP contribution < -0.4 is 9.47 Å². The van der Waals surface area contributed by atoms with E-state index in [0.29, 0.717) is 13.2 Å². The number of nitrogens with zero attached hydrogens (tertiary/aromatic N) is 2. The summed E-state index contributed by atoms with van der Waals surface area (Å²) < 4.78 is 13.1. The average molecular weight is 325 g/mol. The first-order valence-electron chi connectivity index (χ1n) is 6.16. The van der Waals surface area contributed by atoms with Gasteiger partial charge in [-0.25, -0.2) is 0 Å². The zero-order valence-corrected chi connectivity index (χ0v) is 12.7. The largest absolute Gasteiger partial charge is 0.490 e. The maximum absolute atomic E-state index is 5.77. The summed E-state index contributed by atoms with van der Waals surface area (Å²) in [6.45, 7) is 3.02. The molecule has 102 valence electrons. The van der Waals surface area contributed by atoms with Crippen LogP contribution in [0.3, 0.4) is 0 Å². The fourth-order valence-electron chi connectivity index (χ4n) is 1.71. The van der Waals surface area contributed by atoms with E-state index in [9.17, 15) is 0 Å². The molecule has 0 fully saturated rings. The van der Waals surface area contributed by atoms with E-state index < -0.39 is 0 Å². The SMILES string of the molecule is CCOc1cc(CBr)ccc1OCc1ccn(C)n1. The van der Waals surface area contributed by atoms with Gasteiger partial charge in [0.1, 0.15) is 6.61 Å². The van der Waals surface area contributed by atoms with E-state index in [2.05, 4.69) is 21.0 Å². The van der Waals surface area contributed by atoms with Crippen LogP contribution >= 0.6 is 15.9 Å². The number of hydrogen-bond donors (Lipinski definition) is 0. The fraction of sp³-hybridized carbons (Fsp3) is 0.357. The van der Waals surface area contributed by atoms with Gasteiger partial charge in [0.05, 0.1) is 12.3 Å². The maximum Gasteiger partial charge on any atom is 0.161 e. The van der Waals surface area contributed by atoms with Gasteiger partial charge in [0.25, 0.3) is 0 Å². The van der Waals surface area contributed by atoms with Crippen molar-refractivity contribution in [2.24, 2.45) is 7.05 Å². The van der Waals surface area contributed by atoms with Crippen LogP contribution in [0.25, 0.3) is 0 Å². The van der Waals surface area contributed by atoms with Gasteiger partial charge in [-0.15, -0.1) is 0 Å². The van der Waals surface area contributed by atoms with Gasteiger partial charge in [-0.1, -0.05) is 22.0 Å². The summed E-state index contributed by atoms with van der Waals surface area (Å²) in [5.41, 5.74) is 2.06. The molecule has 0 spiro atoms. The van der Waals surface area contributed by atoms with Crippen molar-refractivity contribution in [3.8, 4) is 11.5 Å². The molecule has 0 aliphatic heterocycles. The molecular formula is C14H17BrN2O2. The number of rotatable bonds is 6. The van der Waals surface area contributed by atoms with Crippen LogP contribution in [0, 0.1) is 0 Å². The third kappa shape index (κ3) is 3.73. The molecule has 0 radical (unpaired) electrons. The summed E-state index contributed by atoms with van der Waals surface area (Å²) in [5, 5.41) is 5.08. The van der Waals surface area contributed by atoms with E-state index in [1.165, 1.54) is 0 Å². The Hall–Kier alpha value is -1.49. The predicted octanol–water partition coefficient (Wildman–Crippen LogP) is 3.29. The first kappa shape index (κ1) is 13.9. The molecule has 2 rings (SSSR count). The van der Waals surface area contributed by atoms with Gasteiger partial charge in [-0.3, -0.25) is 4.68 Å². The Balaban J connectivity index is 2.10. The quantitative estimate of drug-likeness (QED) is 0.765. The summed E-state index contributed by atoms with van der Waals surface area (Å²) in [4.78, 5) is 0. The van der Waals surface area contributed by atoms with Gasteiger partial charge in [0, 0.05) is 18.6 Å². The number of halogens is 1. The molecule has 1 aromatic carbocycles. The monoisotopic (exact) mass is 324 g/mol. The molecule has 0 aliphatic carbocycles. The maximum atomic E-state index is 5.77. The normalized spacial score (nSPS) is 10.5. The molecule has 4 nitrogen and oxygen atoms in total. The number of aryl methyl sites for hydroxylation is 1. The second-order valence-electron chi connectivity index (χ2n) is 4.12. The Labute approximate surface area is 121 Å². The smallest absolute Gasteiger partial charge is 0.161 e. The molecule has 0 amide bonds. The van der Waals surface area contributed by atoms with Crippen molar-refractivity contribution in [1.29, 1.82) is 0 Å². The zero-order valence-electron chi connectivity index (χ0n) is 11.1. The van der Waals surface area contributed by atoms with E-state index in [1.54, 1.807) is 4.68 Å². The first-order valence-corrected chi connectivity index (χ1v) is 7.28. The molecule has 0 saturated carbocycles. The van der Waals surface area contributed by atoms with Gasteiger partial charge >= 0.3 is 0 Å². The molecule has 0 saturated heterocycles. The minimum absolute atomic E-state index is 0.439. The molecule has 0 bridgehead atoms. The van der Waals surface area contributed by atoms with Gasteiger partial charge in [0.15, 0.2) is 11.5 Å². The van der Waals surface area contributed by atoms with E-state index >= 15 is 0 Å². The van der Waals surface area contributed by atoms with Gasteiger partial charge in [0.2, 0.25) is 0 Å². The highest BCUT2D eigenvalue weighted by molar-refractivity contribution is 9.08. The number of hydrogen-bond acceptors (Lipinski definition) is 3. The predicted molar refractivity (Wildman–Crippen MR) is 77.8 cm³/mol. The Morgan fingerprint density at radius 2 is 2.05 bits per heavy atom. The number of ether oxygens (including phenoxy) is 2. The van der Waals surface area contributed by atoms with E-state index in [4.69, 9.17) is 9.47 Å². The molecule has 5 heteroatoms. The van der Waals surface area contributed by atoms with Crippen molar-refractivity contribution >= 4 is 15.9 Å². The van der Waals surface area contributed by atoms with Crippen molar-refractivity contribution in [2.45, 2.75) is 18.9 Å². The van der Waals surface area contributed by atoms with Crippen molar-refractivity contribution in [2.75, 3.05) is 6.61 Å². The van der Waals surface area contributed by atoms with Crippen molar-refractivity contribution < 1.29 is 9.47 Å². The summed E-state index contributed by atoms with van der Waals surface area (Å²) in [6.07, 6.45) is 1.90. The fourth-order valence-corrected chi connectivity index (χ4v) is 2.06. The van der Waals surface area contributed by atoms with Gasteiger partial charge in [-0.2, -0.15) is 5.10 Å². The van der Waals surface area contributed by atoms with Crippen LogP contribution in [0.5, 0.6) is 11.5 Å². The number of aromatic nitrogens is 2. The lowest BCUT2D eigenvalue weighted by atomic mass is 10.2. The van der Waals surface area contributed by atoms with Crippen LogP contribution in [0.15, 0.2) is 30.5 Å². The average Bonchev–Trinajstić information content (AvgIpc) is 2.83. The molecule has 0 aliphatic rings. The van der Waals surface area contributed by atoms with Crippen LogP contribution in [0.2, 0.25) is 0 Å². The highest BCUT2D eigenvalue weighted by Crippen LogP contribution is 2.29.